The SMILES string of the molecule is O=C(O)c1nnc(-n2ccnc2)s1. The highest BCUT2D eigenvalue weighted by molar-refractivity contribution is 7.15. The van der Waals surface area contributed by atoms with Crippen molar-refractivity contribution in [2.45, 2.75) is 0 Å². The normalized spacial score (nSPS) is 10.2. The van der Waals surface area contributed by atoms with Crippen LogP contribution in [0.5, 0.6) is 0 Å². The molecule has 2 aromatic rings. The van der Waals surface area contributed by atoms with Crippen LogP contribution in [0.1, 0.15) is 9.80 Å². The summed E-state index contributed by atoms with van der Waals surface area (Å²) in [5.74, 6) is -1.07. The average Bonchev–Trinajstić information content (AvgIpc) is 2.75. The second kappa shape index (κ2) is 2.94. The molecule has 0 aliphatic heterocycles. The second-order valence-electron chi connectivity index (χ2n) is 2.16. The Morgan fingerprint density at radius 1 is 1.54 bits per heavy atom. The molecule has 0 aliphatic rings. The maximum atomic E-state index is 10.5. The van der Waals surface area contributed by atoms with Gasteiger partial charge in [0.2, 0.25) is 10.1 Å². The summed E-state index contributed by atoms with van der Waals surface area (Å²) in [5.41, 5.74) is 0. The molecule has 2 heterocycles. The van der Waals surface area contributed by atoms with Crippen LogP contribution in [0.2, 0.25) is 0 Å². The molecule has 0 amide bonds. The van der Waals surface area contributed by atoms with Crippen LogP contribution in [-0.2, 0) is 0 Å². The third-order valence-corrected chi connectivity index (χ3v) is 2.25. The molecule has 13 heavy (non-hydrogen) atoms. The summed E-state index contributed by atoms with van der Waals surface area (Å²) in [5, 5.41) is 16.2. The van der Waals surface area contributed by atoms with Crippen LogP contribution in [0, 0.1) is 0 Å². The van der Waals surface area contributed by atoms with E-state index in [0.29, 0.717) is 5.13 Å². The van der Waals surface area contributed by atoms with E-state index in [1.807, 2.05) is 0 Å². The van der Waals surface area contributed by atoms with Gasteiger partial charge in [0.15, 0.2) is 0 Å². The van der Waals surface area contributed by atoms with Gasteiger partial charge in [-0.3, -0.25) is 4.57 Å². The van der Waals surface area contributed by atoms with E-state index in [1.165, 1.54) is 6.33 Å². The summed E-state index contributed by atoms with van der Waals surface area (Å²) in [6.07, 6.45) is 4.79. The quantitative estimate of drug-likeness (QED) is 0.752. The van der Waals surface area contributed by atoms with E-state index in [4.69, 9.17) is 5.11 Å². The Balaban J connectivity index is 2.39. The topological polar surface area (TPSA) is 80.9 Å². The van der Waals surface area contributed by atoms with Crippen LogP contribution < -0.4 is 0 Å². The number of imidazole rings is 1. The lowest BCUT2D eigenvalue weighted by molar-refractivity contribution is 0.0695. The maximum Gasteiger partial charge on any atom is 0.367 e. The van der Waals surface area contributed by atoms with Crippen molar-refractivity contribution in [2.24, 2.45) is 0 Å². The van der Waals surface area contributed by atoms with Crippen molar-refractivity contribution >= 4 is 17.3 Å². The minimum Gasteiger partial charge on any atom is -0.476 e. The van der Waals surface area contributed by atoms with E-state index in [2.05, 4.69) is 15.2 Å². The van der Waals surface area contributed by atoms with Crippen molar-refractivity contribution in [1.82, 2.24) is 19.7 Å². The minimum atomic E-state index is -1.07. The maximum absolute atomic E-state index is 10.5. The van der Waals surface area contributed by atoms with Gasteiger partial charge in [-0.15, -0.1) is 10.2 Å². The summed E-state index contributed by atoms with van der Waals surface area (Å²) in [7, 11) is 0. The number of aromatic nitrogens is 4. The van der Waals surface area contributed by atoms with Gasteiger partial charge >= 0.3 is 5.97 Å². The summed E-state index contributed by atoms with van der Waals surface area (Å²) in [6, 6.07) is 0. The molecule has 7 heteroatoms. The van der Waals surface area contributed by atoms with Gasteiger partial charge in [0.25, 0.3) is 0 Å². The van der Waals surface area contributed by atoms with E-state index in [-0.39, 0.29) is 5.01 Å². The van der Waals surface area contributed by atoms with Crippen LogP contribution in [0.4, 0.5) is 0 Å². The average molecular weight is 196 g/mol. The van der Waals surface area contributed by atoms with Crippen LogP contribution in [-0.4, -0.2) is 30.8 Å². The number of nitrogens with zero attached hydrogens (tertiary/aromatic N) is 4. The molecule has 66 valence electrons. The summed E-state index contributed by atoms with van der Waals surface area (Å²) in [6.45, 7) is 0. The largest absolute Gasteiger partial charge is 0.476 e. The van der Waals surface area contributed by atoms with Gasteiger partial charge in [0, 0.05) is 12.4 Å². The van der Waals surface area contributed by atoms with Gasteiger partial charge in [-0.1, -0.05) is 11.3 Å². The van der Waals surface area contributed by atoms with E-state index >= 15 is 0 Å². The Bertz CT molecular complexity index is 422. The lowest BCUT2D eigenvalue weighted by Crippen LogP contribution is -1.93. The number of carboxylic acid groups (broad SMARTS) is 1. The minimum absolute atomic E-state index is 0.0244. The van der Waals surface area contributed by atoms with Crippen molar-refractivity contribution < 1.29 is 9.90 Å². The fourth-order valence-electron chi connectivity index (χ4n) is 0.779. The van der Waals surface area contributed by atoms with E-state index in [9.17, 15) is 4.79 Å². The molecule has 0 unspecified atom stereocenters. The molecule has 1 N–H and O–H groups in total. The monoisotopic (exact) mass is 196 g/mol. The molecule has 0 bridgehead atoms. The van der Waals surface area contributed by atoms with Crippen LogP contribution >= 0.6 is 11.3 Å². The number of carbonyl (C=O) groups is 1. The first kappa shape index (κ1) is 7.87. The predicted molar refractivity (Wildman–Crippen MR) is 44.0 cm³/mol. The Hall–Kier alpha value is -1.76. The fourth-order valence-corrected chi connectivity index (χ4v) is 1.42. The first-order valence-corrected chi connectivity index (χ1v) is 4.14. The molecule has 0 saturated carbocycles. The van der Waals surface area contributed by atoms with Gasteiger partial charge in [-0.2, -0.15) is 0 Å². The van der Waals surface area contributed by atoms with Gasteiger partial charge in [0.1, 0.15) is 6.33 Å². The van der Waals surface area contributed by atoms with Gasteiger partial charge in [-0.25, -0.2) is 9.78 Å². The highest BCUT2D eigenvalue weighted by Gasteiger charge is 2.11. The number of hydrogen-bond acceptors (Lipinski definition) is 5. The van der Waals surface area contributed by atoms with Crippen LogP contribution in [0.3, 0.4) is 0 Å². The van der Waals surface area contributed by atoms with Crippen molar-refractivity contribution in [2.75, 3.05) is 0 Å². The molecule has 0 saturated heterocycles. The molecular weight excluding hydrogens is 192 g/mol. The highest BCUT2D eigenvalue weighted by Crippen LogP contribution is 2.13. The van der Waals surface area contributed by atoms with E-state index in [1.54, 1.807) is 17.0 Å². The van der Waals surface area contributed by atoms with Crippen LogP contribution in [0.15, 0.2) is 18.7 Å². The highest BCUT2D eigenvalue weighted by atomic mass is 32.1. The fraction of sp³-hybridized carbons (Fsp3) is 0. The zero-order valence-corrected chi connectivity index (χ0v) is 7.10. The Labute approximate surface area is 76.5 Å². The van der Waals surface area contributed by atoms with Gasteiger partial charge in [0.05, 0.1) is 0 Å². The number of aromatic carboxylic acids is 1. The summed E-state index contributed by atoms with van der Waals surface area (Å²) in [4.78, 5) is 14.3. The number of carboxylic acids is 1. The van der Waals surface area contributed by atoms with E-state index < -0.39 is 5.97 Å². The zero-order valence-electron chi connectivity index (χ0n) is 6.28. The number of rotatable bonds is 2. The van der Waals surface area contributed by atoms with E-state index in [0.717, 1.165) is 11.3 Å². The molecule has 2 rings (SSSR count). The molecule has 2 aromatic heterocycles. The third kappa shape index (κ3) is 1.41. The molecule has 0 spiro atoms. The van der Waals surface area contributed by atoms with Gasteiger partial charge in [-0.05, 0) is 0 Å². The van der Waals surface area contributed by atoms with Gasteiger partial charge < -0.3 is 5.11 Å². The Morgan fingerprint density at radius 3 is 2.92 bits per heavy atom. The lowest BCUT2D eigenvalue weighted by Gasteiger charge is -1.89. The Morgan fingerprint density at radius 2 is 2.38 bits per heavy atom. The summed E-state index contributed by atoms with van der Waals surface area (Å²) >= 11 is 1.000. The predicted octanol–water partition coefficient (Wildman–Crippen LogP) is 0.422. The molecule has 0 aliphatic carbocycles. The summed E-state index contributed by atoms with van der Waals surface area (Å²) < 4.78 is 1.60. The zero-order chi connectivity index (χ0) is 9.26. The number of hydrogen-bond donors (Lipinski definition) is 1. The van der Waals surface area contributed by atoms with Crippen LogP contribution in [0.25, 0.3) is 5.13 Å². The molecule has 0 atom stereocenters. The lowest BCUT2D eigenvalue weighted by atomic mass is 10.7. The molecule has 0 fully saturated rings. The Kier molecular flexibility index (Phi) is 1.78. The molecule has 6 nitrogen and oxygen atoms in total. The molecular formula is C6H4N4O2S. The standard InChI is InChI=1S/C6H4N4O2S/c11-5(12)4-8-9-6(13-4)10-2-1-7-3-10/h1-3H,(H,11,12). The van der Waals surface area contributed by atoms with Crippen molar-refractivity contribution in [3.63, 3.8) is 0 Å². The first-order chi connectivity index (χ1) is 6.27. The third-order valence-electron chi connectivity index (χ3n) is 1.32. The second-order valence-corrected chi connectivity index (χ2v) is 3.12. The van der Waals surface area contributed by atoms with Crippen molar-refractivity contribution in [3.05, 3.63) is 23.7 Å². The smallest absolute Gasteiger partial charge is 0.367 e. The molecule has 0 aromatic carbocycles. The molecule has 0 radical (unpaired) electrons. The van der Waals surface area contributed by atoms with Crippen molar-refractivity contribution in [1.29, 1.82) is 0 Å². The van der Waals surface area contributed by atoms with Crippen molar-refractivity contribution in [3.8, 4) is 5.13 Å². The first-order valence-electron chi connectivity index (χ1n) is 3.32.